The number of benzene rings is 1. The molecule has 3 aromatic rings. The molecule has 2 aromatic heterocycles. The van der Waals surface area contributed by atoms with Crippen molar-refractivity contribution in [1.82, 2.24) is 14.5 Å². The smallest absolute Gasteiger partial charge is 0.263 e. The summed E-state index contributed by atoms with van der Waals surface area (Å²) in [7, 11) is 4.03. The molecule has 178 valence electrons. The molecular formula is C25H29N5O2S2. The van der Waals surface area contributed by atoms with Gasteiger partial charge in [0.05, 0.1) is 17.2 Å². The first-order chi connectivity index (χ1) is 16.5. The monoisotopic (exact) mass is 495 g/mol. The Kier molecular flexibility index (Phi) is 8.03. The lowest BCUT2D eigenvalue weighted by atomic mass is 9.97. The van der Waals surface area contributed by atoms with Gasteiger partial charge in [0.2, 0.25) is 5.91 Å². The number of carbonyl (C=O) groups excluding carboxylic acids is 1. The number of carbonyl (C=O) groups is 1. The Hall–Kier alpha value is -2.67. The van der Waals surface area contributed by atoms with Crippen LogP contribution in [0.15, 0.2) is 40.3 Å². The first kappa shape index (κ1) is 24.5. The number of para-hydroxylation sites is 1. The molecule has 0 fully saturated rings. The van der Waals surface area contributed by atoms with Crippen LogP contribution in [0.5, 0.6) is 0 Å². The molecule has 7 nitrogen and oxygen atoms in total. The van der Waals surface area contributed by atoms with Crippen LogP contribution in [0.25, 0.3) is 10.2 Å². The van der Waals surface area contributed by atoms with E-state index in [0.717, 1.165) is 48.9 Å². The van der Waals surface area contributed by atoms with Crippen molar-refractivity contribution in [2.45, 2.75) is 43.8 Å². The van der Waals surface area contributed by atoms with Crippen molar-refractivity contribution in [2.75, 3.05) is 37.8 Å². The molecule has 9 heteroatoms. The molecule has 0 spiro atoms. The summed E-state index contributed by atoms with van der Waals surface area (Å²) >= 11 is 2.91. The van der Waals surface area contributed by atoms with Crippen molar-refractivity contribution in [1.29, 1.82) is 5.26 Å². The van der Waals surface area contributed by atoms with Gasteiger partial charge in [-0.1, -0.05) is 30.0 Å². The van der Waals surface area contributed by atoms with Crippen molar-refractivity contribution < 1.29 is 4.79 Å². The van der Waals surface area contributed by atoms with Crippen LogP contribution in [0.2, 0.25) is 0 Å². The third-order valence-electron chi connectivity index (χ3n) is 5.95. The fourth-order valence-corrected chi connectivity index (χ4v) is 6.48. The maximum atomic E-state index is 13.6. The van der Waals surface area contributed by atoms with Gasteiger partial charge >= 0.3 is 0 Å². The Morgan fingerprint density at radius 2 is 2.00 bits per heavy atom. The summed E-state index contributed by atoms with van der Waals surface area (Å²) in [6.45, 7) is 1.39. The SMILES string of the molecule is CN(C)CCCn1c(SCC(=O)N(CC#N)c2ccccc2)nc2sc3c(c2c1=O)CCCC3. The van der Waals surface area contributed by atoms with Gasteiger partial charge in [-0.05, 0) is 70.4 Å². The average molecular weight is 496 g/mol. The molecule has 0 bridgehead atoms. The predicted molar refractivity (Wildman–Crippen MR) is 139 cm³/mol. The molecule has 0 saturated carbocycles. The number of hydrogen-bond acceptors (Lipinski definition) is 7. The molecule has 0 radical (unpaired) electrons. The van der Waals surface area contributed by atoms with Gasteiger partial charge in [0.25, 0.3) is 5.56 Å². The second-order valence-electron chi connectivity index (χ2n) is 8.66. The molecule has 0 N–H and O–H groups in total. The van der Waals surface area contributed by atoms with E-state index in [0.29, 0.717) is 17.4 Å². The van der Waals surface area contributed by atoms with E-state index in [4.69, 9.17) is 4.98 Å². The van der Waals surface area contributed by atoms with Crippen LogP contribution in [-0.4, -0.2) is 53.3 Å². The third kappa shape index (κ3) is 5.35. The van der Waals surface area contributed by atoms with Crippen molar-refractivity contribution in [3.8, 4) is 6.07 Å². The summed E-state index contributed by atoms with van der Waals surface area (Å²) in [6, 6.07) is 11.3. The highest BCUT2D eigenvalue weighted by Crippen LogP contribution is 2.34. The number of rotatable bonds is 9. The normalized spacial score (nSPS) is 13.1. The van der Waals surface area contributed by atoms with Crippen LogP contribution < -0.4 is 10.5 Å². The number of nitriles is 1. The minimum absolute atomic E-state index is 0.00930. The number of hydrogen-bond donors (Lipinski definition) is 0. The number of amides is 1. The lowest BCUT2D eigenvalue weighted by Gasteiger charge is -2.20. The Morgan fingerprint density at radius 1 is 1.24 bits per heavy atom. The van der Waals surface area contributed by atoms with Crippen LogP contribution in [0, 0.1) is 11.3 Å². The maximum Gasteiger partial charge on any atom is 0.263 e. The van der Waals surface area contributed by atoms with Crippen molar-refractivity contribution >= 4 is 44.9 Å². The summed E-state index contributed by atoms with van der Waals surface area (Å²) in [5.74, 6) is -0.0785. The molecule has 4 rings (SSSR count). The fourth-order valence-electron chi connectivity index (χ4n) is 4.28. The molecule has 0 aliphatic heterocycles. The number of aryl methyl sites for hydroxylation is 2. The first-order valence-electron chi connectivity index (χ1n) is 11.5. The number of fused-ring (bicyclic) bond motifs is 3. The lowest BCUT2D eigenvalue weighted by molar-refractivity contribution is -0.116. The van der Waals surface area contributed by atoms with E-state index in [2.05, 4.69) is 11.0 Å². The largest absolute Gasteiger partial charge is 0.309 e. The molecular weight excluding hydrogens is 466 g/mol. The summed E-state index contributed by atoms with van der Waals surface area (Å²) in [5, 5.41) is 10.6. The summed E-state index contributed by atoms with van der Waals surface area (Å²) in [6.07, 6.45) is 5.03. The van der Waals surface area contributed by atoms with Gasteiger partial charge in [0.15, 0.2) is 5.16 Å². The molecule has 1 aliphatic rings. The summed E-state index contributed by atoms with van der Waals surface area (Å²) in [4.78, 5) is 37.2. The Balaban J connectivity index is 1.64. The molecule has 34 heavy (non-hydrogen) atoms. The minimum Gasteiger partial charge on any atom is -0.309 e. The third-order valence-corrected chi connectivity index (χ3v) is 8.10. The zero-order chi connectivity index (χ0) is 24.1. The number of thioether (sulfide) groups is 1. The van der Waals surface area contributed by atoms with Gasteiger partial charge in [0.1, 0.15) is 11.4 Å². The summed E-state index contributed by atoms with van der Waals surface area (Å²) < 4.78 is 1.75. The van der Waals surface area contributed by atoms with Gasteiger partial charge < -0.3 is 4.90 Å². The molecule has 1 amide bonds. The van der Waals surface area contributed by atoms with E-state index in [1.807, 2.05) is 44.4 Å². The van der Waals surface area contributed by atoms with Gasteiger partial charge in [-0.25, -0.2) is 4.98 Å². The molecule has 0 saturated heterocycles. The van der Waals surface area contributed by atoms with E-state index in [-0.39, 0.29) is 23.8 Å². The number of thiophene rings is 1. The van der Waals surface area contributed by atoms with E-state index in [1.165, 1.54) is 27.1 Å². The molecule has 0 atom stereocenters. The number of anilines is 1. The predicted octanol–water partition coefficient (Wildman–Crippen LogP) is 3.94. The average Bonchev–Trinajstić information content (AvgIpc) is 3.21. The lowest BCUT2D eigenvalue weighted by Crippen LogP contribution is -2.33. The molecule has 2 heterocycles. The molecule has 1 aliphatic carbocycles. The highest BCUT2D eigenvalue weighted by molar-refractivity contribution is 7.99. The van der Waals surface area contributed by atoms with E-state index in [9.17, 15) is 14.9 Å². The number of nitrogens with zero attached hydrogens (tertiary/aromatic N) is 5. The van der Waals surface area contributed by atoms with Gasteiger partial charge in [-0.15, -0.1) is 11.3 Å². The van der Waals surface area contributed by atoms with Crippen molar-refractivity contribution in [3.05, 3.63) is 51.1 Å². The van der Waals surface area contributed by atoms with Crippen molar-refractivity contribution in [2.24, 2.45) is 0 Å². The van der Waals surface area contributed by atoms with E-state index < -0.39 is 0 Å². The fraction of sp³-hybridized carbons (Fsp3) is 0.440. The summed E-state index contributed by atoms with van der Waals surface area (Å²) in [5.41, 5.74) is 1.88. The van der Waals surface area contributed by atoms with Crippen molar-refractivity contribution in [3.63, 3.8) is 0 Å². The highest BCUT2D eigenvalue weighted by Gasteiger charge is 2.23. The zero-order valence-corrected chi connectivity index (χ0v) is 21.3. The van der Waals surface area contributed by atoms with Gasteiger partial charge in [-0.2, -0.15) is 5.26 Å². The van der Waals surface area contributed by atoms with E-state index in [1.54, 1.807) is 15.9 Å². The Labute approximate surface area is 208 Å². The second kappa shape index (κ2) is 11.2. The van der Waals surface area contributed by atoms with Crippen LogP contribution in [0.4, 0.5) is 5.69 Å². The minimum atomic E-state index is -0.183. The Bertz CT molecular complexity index is 1260. The standard InChI is InChI=1S/C25H29N5O2S2/c1-28(2)14-8-15-30-24(32)22-19-11-6-7-12-20(19)34-23(22)27-25(30)33-17-21(31)29(16-13-26)18-9-4-3-5-10-18/h3-5,9-10H,6-8,11-12,14-17H2,1-2H3. The first-order valence-corrected chi connectivity index (χ1v) is 13.3. The van der Waals surface area contributed by atoms with Crippen LogP contribution in [0.3, 0.4) is 0 Å². The van der Waals surface area contributed by atoms with Crippen LogP contribution in [-0.2, 0) is 24.2 Å². The van der Waals surface area contributed by atoms with Gasteiger partial charge in [-0.3, -0.25) is 19.1 Å². The molecule has 0 unspecified atom stereocenters. The van der Waals surface area contributed by atoms with Gasteiger partial charge in [0, 0.05) is 17.1 Å². The van der Waals surface area contributed by atoms with Crippen LogP contribution in [0.1, 0.15) is 29.7 Å². The molecule has 1 aromatic carbocycles. The maximum absolute atomic E-state index is 13.6. The van der Waals surface area contributed by atoms with E-state index >= 15 is 0 Å². The zero-order valence-electron chi connectivity index (χ0n) is 19.6. The highest BCUT2D eigenvalue weighted by atomic mass is 32.2. The second-order valence-corrected chi connectivity index (χ2v) is 10.7. The quantitative estimate of drug-likeness (QED) is 0.254. The van der Waals surface area contributed by atoms with Crippen LogP contribution >= 0.6 is 23.1 Å². The Morgan fingerprint density at radius 3 is 2.74 bits per heavy atom. The topological polar surface area (TPSA) is 82.2 Å². The number of aromatic nitrogens is 2.